The first-order valence-electron chi connectivity index (χ1n) is 6.06. The number of pyridine rings is 2. The Morgan fingerprint density at radius 2 is 1.95 bits per heavy atom. The number of halogens is 3. The zero-order valence-electron chi connectivity index (χ0n) is 10.7. The van der Waals surface area contributed by atoms with Crippen molar-refractivity contribution in [3.05, 3.63) is 47.9 Å². The minimum absolute atomic E-state index is 0.235. The molecule has 0 radical (unpaired) electrons. The van der Waals surface area contributed by atoms with Crippen molar-refractivity contribution in [3.8, 4) is 11.4 Å². The topological polar surface area (TPSA) is 69.1 Å². The summed E-state index contributed by atoms with van der Waals surface area (Å²) in [6, 6.07) is 5.59. The second-order valence-corrected chi connectivity index (χ2v) is 4.41. The van der Waals surface area contributed by atoms with Crippen molar-refractivity contribution in [1.82, 2.24) is 19.6 Å². The SMILES string of the molecule is NCc1cc(-c2nnc3ccc(C(F)(F)F)cn23)ccn1. The van der Waals surface area contributed by atoms with E-state index in [2.05, 4.69) is 15.2 Å². The molecule has 0 spiro atoms. The summed E-state index contributed by atoms with van der Waals surface area (Å²) in [5.74, 6) is 0.313. The average molecular weight is 293 g/mol. The summed E-state index contributed by atoms with van der Waals surface area (Å²) in [5.41, 5.74) is 6.32. The van der Waals surface area contributed by atoms with Crippen LogP contribution in [0.25, 0.3) is 17.0 Å². The van der Waals surface area contributed by atoms with Crippen LogP contribution in [0.2, 0.25) is 0 Å². The molecule has 0 saturated carbocycles. The van der Waals surface area contributed by atoms with Gasteiger partial charge in [0.2, 0.25) is 0 Å². The summed E-state index contributed by atoms with van der Waals surface area (Å²) in [5, 5.41) is 7.81. The number of aromatic nitrogens is 4. The molecule has 0 atom stereocenters. The smallest absolute Gasteiger partial charge is 0.325 e. The highest BCUT2D eigenvalue weighted by molar-refractivity contribution is 5.59. The standard InChI is InChI=1S/C13H10F3N5/c14-13(15,16)9-1-2-11-19-20-12(21(11)7-9)8-3-4-18-10(5-8)6-17/h1-5,7H,6,17H2. The highest BCUT2D eigenvalue weighted by Gasteiger charge is 2.31. The van der Waals surface area contributed by atoms with Gasteiger partial charge < -0.3 is 5.73 Å². The van der Waals surface area contributed by atoms with Crippen molar-refractivity contribution in [2.45, 2.75) is 12.7 Å². The maximum Gasteiger partial charge on any atom is 0.417 e. The first-order chi connectivity index (χ1) is 9.99. The van der Waals surface area contributed by atoms with Crippen LogP contribution in [0.1, 0.15) is 11.3 Å². The highest BCUT2D eigenvalue weighted by atomic mass is 19.4. The van der Waals surface area contributed by atoms with Gasteiger partial charge in [0.15, 0.2) is 11.5 Å². The predicted molar refractivity (Wildman–Crippen MR) is 69.1 cm³/mol. The number of fused-ring (bicyclic) bond motifs is 1. The van der Waals surface area contributed by atoms with Crippen LogP contribution in [0.3, 0.4) is 0 Å². The molecule has 0 fully saturated rings. The van der Waals surface area contributed by atoms with E-state index in [0.29, 0.717) is 22.7 Å². The second kappa shape index (κ2) is 4.81. The van der Waals surface area contributed by atoms with E-state index in [9.17, 15) is 13.2 Å². The fraction of sp³-hybridized carbons (Fsp3) is 0.154. The van der Waals surface area contributed by atoms with Gasteiger partial charge in [-0.15, -0.1) is 10.2 Å². The minimum atomic E-state index is -4.42. The van der Waals surface area contributed by atoms with E-state index in [1.807, 2.05) is 0 Å². The van der Waals surface area contributed by atoms with E-state index in [1.165, 1.54) is 16.7 Å². The van der Waals surface area contributed by atoms with Crippen molar-refractivity contribution in [2.24, 2.45) is 5.73 Å². The Hall–Kier alpha value is -2.48. The van der Waals surface area contributed by atoms with Gasteiger partial charge in [0.05, 0.1) is 11.3 Å². The lowest BCUT2D eigenvalue weighted by molar-refractivity contribution is -0.137. The van der Waals surface area contributed by atoms with E-state index in [1.54, 1.807) is 12.1 Å². The zero-order chi connectivity index (χ0) is 15.0. The molecule has 0 aliphatic carbocycles. The molecule has 0 bridgehead atoms. The number of rotatable bonds is 2. The van der Waals surface area contributed by atoms with Crippen LogP contribution in [0.5, 0.6) is 0 Å². The normalized spacial score (nSPS) is 12.0. The lowest BCUT2D eigenvalue weighted by Crippen LogP contribution is -2.06. The van der Waals surface area contributed by atoms with Crippen molar-refractivity contribution >= 4 is 5.65 Å². The molecule has 108 valence electrons. The Morgan fingerprint density at radius 1 is 1.14 bits per heavy atom. The molecule has 3 rings (SSSR count). The average Bonchev–Trinajstić information content (AvgIpc) is 2.89. The zero-order valence-corrected chi connectivity index (χ0v) is 10.7. The van der Waals surface area contributed by atoms with E-state index >= 15 is 0 Å². The van der Waals surface area contributed by atoms with Crippen molar-refractivity contribution in [2.75, 3.05) is 0 Å². The summed E-state index contributed by atoms with van der Waals surface area (Å²) >= 11 is 0. The Balaban J connectivity index is 2.18. The maximum absolute atomic E-state index is 12.8. The predicted octanol–water partition coefficient (Wildman–Crippen LogP) is 2.27. The van der Waals surface area contributed by atoms with Crippen LogP contribution in [0.4, 0.5) is 13.2 Å². The molecule has 3 aromatic rings. The molecule has 21 heavy (non-hydrogen) atoms. The Morgan fingerprint density at radius 3 is 2.67 bits per heavy atom. The lowest BCUT2D eigenvalue weighted by Gasteiger charge is -2.07. The molecule has 0 unspecified atom stereocenters. The lowest BCUT2D eigenvalue weighted by atomic mass is 10.2. The molecule has 2 N–H and O–H groups in total. The molecule has 0 aliphatic rings. The van der Waals surface area contributed by atoms with Crippen molar-refractivity contribution in [1.29, 1.82) is 0 Å². The van der Waals surface area contributed by atoms with Gasteiger partial charge in [-0.1, -0.05) is 0 Å². The fourth-order valence-corrected chi connectivity index (χ4v) is 1.98. The molecular formula is C13H10F3N5. The van der Waals surface area contributed by atoms with Crippen molar-refractivity contribution in [3.63, 3.8) is 0 Å². The van der Waals surface area contributed by atoms with E-state index in [-0.39, 0.29) is 6.54 Å². The highest BCUT2D eigenvalue weighted by Crippen LogP contribution is 2.30. The van der Waals surface area contributed by atoms with Gasteiger partial charge in [-0.05, 0) is 24.3 Å². The van der Waals surface area contributed by atoms with E-state index < -0.39 is 11.7 Å². The Kier molecular flexibility index (Phi) is 3.09. The number of hydrogen-bond acceptors (Lipinski definition) is 4. The maximum atomic E-state index is 12.8. The molecule has 5 nitrogen and oxygen atoms in total. The molecular weight excluding hydrogens is 283 g/mol. The third-order valence-electron chi connectivity index (χ3n) is 3.01. The van der Waals surface area contributed by atoms with Gasteiger partial charge >= 0.3 is 6.18 Å². The molecule has 3 aromatic heterocycles. The first-order valence-corrected chi connectivity index (χ1v) is 6.06. The monoisotopic (exact) mass is 293 g/mol. The molecule has 0 saturated heterocycles. The van der Waals surface area contributed by atoms with Crippen LogP contribution >= 0.6 is 0 Å². The summed E-state index contributed by atoms with van der Waals surface area (Å²) in [6.45, 7) is 0.235. The number of alkyl halides is 3. The van der Waals surface area contributed by atoms with Gasteiger partial charge in [0, 0.05) is 24.5 Å². The van der Waals surface area contributed by atoms with Crippen LogP contribution in [-0.2, 0) is 12.7 Å². The summed E-state index contributed by atoms with van der Waals surface area (Å²) in [4.78, 5) is 4.04. The molecule has 0 aromatic carbocycles. The third kappa shape index (κ3) is 2.45. The number of nitrogens with two attached hydrogens (primary N) is 1. The van der Waals surface area contributed by atoms with Gasteiger partial charge in [0.1, 0.15) is 0 Å². The quantitative estimate of drug-likeness (QED) is 0.787. The van der Waals surface area contributed by atoms with Crippen LogP contribution < -0.4 is 5.73 Å². The third-order valence-corrected chi connectivity index (χ3v) is 3.01. The number of nitrogens with zero attached hydrogens (tertiary/aromatic N) is 4. The van der Waals surface area contributed by atoms with Gasteiger partial charge in [0.25, 0.3) is 0 Å². The van der Waals surface area contributed by atoms with Gasteiger partial charge in [-0.2, -0.15) is 13.2 Å². The molecule has 0 aliphatic heterocycles. The van der Waals surface area contributed by atoms with Crippen LogP contribution in [0, 0.1) is 0 Å². The first kappa shape index (κ1) is 13.5. The van der Waals surface area contributed by atoms with E-state index in [0.717, 1.165) is 12.3 Å². The van der Waals surface area contributed by atoms with Gasteiger partial charge in [-0.3, -0.25) is 9.38 Å². The second-order valence-electron chi connectivity index (χ2n) is 4.41. The minimum Gasteiger partial charge on any atom is -0.325 e. The van der Waals surface area contributed by atoms with Crippen LogP contribution in [-0.4, -0.2) is 19.6 Å². The van der Waals surface area contributed by atoms with Gasteiger partial charge in [-0.25, -0.2) is 0 Å². The fourth-order valence-electron chi connectivity index (χ4n) is 1.98. The van der Waals surface area contributed by atoms with E-state index in [4.69, 9.17) is 5.73 Å². The number of hydrogen-bond donors (Lipinski definition) is 1. The molecule has 3 heterocycles. The van der Waals surface area contributed by atoms with Crippen molar-refractivity contribution < 1.29 is 13.2 Å². The van der Waals surface area contributed by atoms with Crippen LogP contribution in [0.15, 0.2) is 36.7 Å². The summed E-state index contributed by atoms with van der Waals surface area (Å²) in [7, 11) is 0. The molecule has 8 heteroatoms. The molecule has 0 amide bonds. The Labute approximate surface area is 117 Å². The summed E-state index contributed by atoms with van der Waals surface area (Å²) in [6.07, 6.45) is -1.91. The Bertz CT molecular complexity index is 794. The summed E-state index contributed by atoms with van der Waals surface area (Å²) < 4.78 is 39.7. The largest absolute Gasteiger partial charge is 0.417 e.